The Kier molecular flexibility index (Phi) is 4.20. The molecule has 1 fully saturated rings. The van der Waals surface area contributed by atoms with Gasteiger partial charge in [-0.15, -0.1) is 0 Å². The fourth-order valence-corrected chi connectivity index (χ4v) is 2.92. The lowest BCUT2D eigenvalue weighted by molar-refractivity contribution is 0.177. The highest BCUT2D eigenvalue weighted by Crippen LogP contribution is 2.34. The first-order chi connectivity index (χ1) is 10.7. The van der Waals surface area contributed by atoms with Crippen LogP contribution < -0.4 is 10.5 Å². The summed E-state index contributed by atoms with van der Waals surface area (Å²) in [6.45, 7) is 1.09. The lowest BCUT2D eigenvalue weighted by Crippen LogP contribution is -2.26. The Morgan fingerprint density at radius 1 is 1.41 bits per heavy atom. The molecule has 2 aromatic rings. The van der Waals surface area contributed by atoms with E-state index in [2.05, 4.69) is 14.9 Å². The fraction of sp³-hybridized carbons (Fsp3) is 0.375. The van der Waals surface area contributed by atoms with Gasteiger partial charge in [0.15, 0.2) is 0 Å². The molecule has 2 heterocycles. The van der Waals surface area contributed by atoms with Gasteiger partial charge in [-0.3, -0.25) is 4.79 Å². The molecule has 0 radical (unpaired) electrons. The molecule has 22 heavy (non-hydrogen) atoms. The van der Waals surface area contributed by atoms with Crippen LogP contribution in [0.5, 0.6) is 0 Å². The number of rotatable bonds is 4. The van der Waals surface area contributed by atoms with Crippen LogP contribution in [-0.4, -0.2) is 23.6 Å². The number of aromatic amines is 1. The predicted molar refractivity (Wildman–Crippen MR) is 81.3 cm³/mol. The van der Waals surface area contributed by atoms with Gasteiger partial charge in [-0.1, -0.05) is 12.1 Å². The normalized spacial score (nSPS) is 17.9. The highest BCUT2D eigenvalue weighted by Gasteiger charge is 2.27. The number of aromatic nitrogens is 2. The van der Waals surface area contributed by atoms with Gasteiger partial charge >= 0.3 is 0 Å². The van der Waals surface area contributed by atoms with Crippen LogP contribution in [0, 0.1) is 5.82 Å². The molecule has 6 heteroatoms. The van der Waals surface area contributed by atoms with Crippen LogP contribution in [-0.2, 0) is 11.3 Å². The number of ether oxygens (including phenoxy) is 1. The molecule has 116 valence electrons. The van der Waals surface area contributed by atoms with E-state index in [1.54, 1.807) is 19.2 Å². The molecule has 0 amide bonds. The topological polar surface area (TPSA) is 58.2 Å². The van der Waals surface area contributed by atoms with Crippen molar-refractivity contribution in [3.63, 3.8) is 0 Å². The zero-order chi connectivity index (χ0) is 15.5. The highest BCUT2D eigenvalue weighted by atomic mass is 19.1. The standard InChI is InChI=1S/C16H18FN3O2/c1-22-10-14-18-15(9-16(21)19-14)20-8-2-3-13(20)11-4-6-12(17)7-5-11/h4-7,9,13H,2-3,8,10H2,1H3,(H,18,19,21). The van der Waals surface area contributed by atoms with E-state index in [0.29, 0.717) is 11.6 Å². The minimum atomic E-state index is -0.245. The summed E-state index contributed by atoms with van der Waals surface area (Å²) >= 11 is 0. The molecule has 1 unspecified atom stereocenters. The number of H-pyrrole nitrogens is 1. The number of nitrogens with zero attached hydrogens (tertiary/aromatic N) is 2. The number of benzene rings is 1. The van der Waals surface area contributed by atoms with Crippen LogP contribution in [0.25, 0.3) is 0 Å². The van der Waals surface area contributed by atoms with Crippen molar-refractivity contribution in [3.05, 3.63) is 57.9 Å². The second-order valence-electron chi connectivity index (χ2n) is 5.39. The van der Waals surface area contributed by atoms with Crippen LogP contribution >= 0.6 is 0 Å². The van der Waals surface area contributed by atoms with Crippen LogP contribution in [0.4, 0.5) is 10.2 Å². The zero-order valence-corrected chi connectivity index (χ0v) is 12.4. The van der Waals surface area contributed by atoms with Gasteiger partial charge < -0.3 is 14.6 Å². The average molecular weight is 303 g/mol. The summed E-state index contributed by atoms with van der Waals surface area (Å²) < 4.78 is 18.1. The second-order valence-corrected chi connectivity index (χ2v) is 5.39. The van der Waals surface area contributed by atoms with E-state index < -0.39 is 0 Å². The number of nitrogens with one attached hydrogen (secondary N) is 1. The number of halogens is 1. The third-order valence-electron chi connectivity index (χ3n) is 3.86. The van der Waals surface area contributed by atoms with E-state index in [1.807, 2.05) is 0 Å². The minimum Gasteiger partial charge on any atom is -0.377 e. The molecule has 1 aliphatic heterocycles. The van der Waals surface area contributed by atoms with Crippen molar-refractivity contribution in [1.29, 1.82) is 0 Å². The summed E-state index contributed by atoms with van der Waals surface area (Å²) in [6, 6.07) is 8.13. The third kappa shape index (κ3) is 3.01. The Morgan fingerprint density at radius 3 is 2.91 bits per heavy atom. The molecule has 3 rings (SSSR count). The second kappa shape index (κ2) is 6.27. The summed E-state index contributed by atoms with van der Waals surface area (Å²) in [6.07, 6.45) is 1.97. The maximum atomic E-state index is 13.1. The number of anilines is 1. The third-order valence-corrected chi connectivity index (χ3v) is 3.86. The van der Waals surface area contributed by atoms with E-state index >= 15 is 0 Å². The monoisotopic (exact) mass is 303 g/mol. The van der Waals surface area contributed by atoms with Gasteiger partial charge in [0.05, 0.1) is 6.04 Å². The molecule has 5 nitrogen and oxygen atoms in total. The van der Waals surface area contributed by atoms with E-state index in [1.165, 1.54) is 18.2 Å². The van der Waals surface area contributed by atoms with Crippen molar-refractivity contribution in [2.75, 3.05) is 18.6 Å². The Balaban J connectivity index is 1.92. The van der Waals surface area contributed by atoms with Crippen LogP contribution in [0.3, 0.4) is 0 Å². The molecule has 0 saturated carbocycles. The number of hydrogen-bond acceptors (Lipinski definition) is 4. The van der Waals surface area contributed by atoms with Crippen molar-refractivity contribution in [1.82, 2.24) is 9.97 Å². The molecular weight excluding hydrogens is 285 g/mol. The summed E-state index contributed by atoms with van der Waals surface area (Å²) in [5.74, 6) is 0.905. The summed E-state index contributed by atoms with van der Waals surface area (Å²) in [7, 11) is 1.56. The Morgan fingerprint density at radius 2 is 2.18 bits per heavy atom. The van der Waals surface area contributed by atoms with Crippen molar-refractivity contribution >= 4 is 5.82 Å². The maximum absolute atomic E-state index is 13.1. The van der Waals surface area contributed by atoms with Gasteiger partial charge in [-0.25, -0.2) is 9.37 Å². The van der Waals surface area contributed by atoms with Crippen molar-refractivity contribution < 1.29 is 9.13 Å². The van der Waals surface area contributed by atoms with Crippen LogP contribution in [0.2, 0.25) is 0 Å². The van der Waals surface area contributed by atoms with Gasteiger partial charge in [-0.2, -0.15) is 0 Å². The van der Waals surface area contributed by atoms with Gasteiger partial charge in [0.1, 0.15) is 24.1 Å². The quantitative estimate of drug-likeness (QED) is 0.942. The van der Waals surface area contributed by atoms with E-state index in [-0.39, 0.29) is 24.0 Å². The lowest BCUT2D eigenvalue weighted by atomic mass is 10.0. The molecule has 1 aliphatic rings. The number of hydrogen-bond donors (Lipinski definition) is 1. The molecular formula is C16H18FN3O2. The van der Waals surface area contributed by atoms with E-state index in [9.17, 15) is 9.18 Å². The Bertz CT molecular complexity index is 699. The van der Waals surface area contributed by atoms with E-state index in [0.717, 1.165) is 24.9 Å². The molecule has 1 aromatic carbocycles. The minimum absolute atomic E-state index is 0.116. The van der Waals surface area contributed by atoms with Gasteiger partial charge in [0, 0.05) is 19.7 Å². The fourth-order valence-electron chi connectivity index (χ4n) is 2.92. The summed E-state index contributed by atoms with van der Waals surface area (Å²) in [5, 5.41) is 0. The number of methoxy groups -OCH3 is 1. The molecule has 1 saturated heterocycles. The zero-order valence-electron chi connectivity index (χ0n) is 12.4. The van der Waals surface area contributed by atoms with Crippen molar-refractivity contribution in [2.45, 2.75) is 25.5 Å². The first-order valence-electron chi connectivity index (χ1n) is 7.28. The molecule has 1 N–H and O–H groups in total. The highest BCUT2D eigenvalue weighted by molar-refractivity contribution is 5.43. The van der Waals surface area contributed by atoms with E-state index in [4.69, 9.17) is 4.74 Å². The lowest BCUT2D eigenvalue weighted by Gasteiger charge is -2.26. The van der Waals surface area contributed by atoms with Crippen molar-refractivity contribution in [3.8, 4) is 0 Å². The Labute approximate surface area is 127 Å². The van der Waals surface area contributed by atoms with Crippen LogP contribution in [0.15, 0.2) is 35.1 Å². The largest absolute Gasteiger partial charge is 0.377 e. The van der Waals surface area contributed by atoms with Crippen molar-refractivity contribution in [2.24, 2.45) is 0 Å². The Hall–Kier alpha value is -2.21. The summed E-state index contributed by atoms with van der Waals surface area (Å²) in [5.41, 5.74) is 0.844. The summed E-state index contributed by atoms with van der Waals surface area (Å²) in [4.78, 5) is 21.0. The van der Waals surface area contributed by atoms with Gasteiger partial charge in [0.2, 0.25) is 0 Å². The molecule has 1 atom stereocenters. The first kappa shape index (κ1) is 14.7. The maximum Gasteiger partial charge on any atom is 0.253 e. The molecule has 1 aromatic heterocycles. The first-order valence-corrected chi connectivity index (χ1v) is 7.28. The smallest absolute Gasteiger partial charge is 0.253 e. The molecule has 0 aliphatic carbocycles. The van der Waals surface area contributed by atoms with Gasteiger partial charge in [-0.05, 0) is 30.5 Å². The van der Waals surface area contributed by atoms with Crippen LogP contribution in [0.1, 0.15) is 30.3 Å². The molecule has 0 spiro atoms. The average Bonchev–Trinajstić information content (AvgIpc) is 2.97. The molecule has 0 bridgehead atoms. The SMILES string of the molecule is COCc1nc(N2CCCC2c2ccc(F)cc2)cc(=O)[nH]1. The van der Waals surface area contributed by atoms with Gasteiger partial charge in [0.25, 0.3) is 5.56 Å². The predicted octanol–water partition coefficient (Wildman–Crippen LogP) is 2.40.